The maximum atomic E-state index is 16.8. The Hall–Kier alpha value is -6.64. The number of hydrogen-bond acceptors (Lipinski definition) is 15. The summed E-state index contributed by atoms with van der Waals surface area (Å²) in [7, 11) is 6.02. The van der Waals surface area contributed by atoms with Gasteiger partial charge in [0.25, 0.3) is 0 Å². The minimum absolute atomic E-state index is 0.0126. The molecule has 85 heavy (non-hydrogen) atoms. The molecule has 3 saturated carbocycles. The average Bonchev–Trinajstić information content (AvgIpc) is 1.08. The van der Waals surface area contributed by atoms with Crippen LogP contribution in [0.5, 0.6) is 28.7 Å². The number of fused-ring (bicyclic) bond motifs is 10. The molecule has 0 radical (unpaired) electrons. The summed E-state index contributed by atoms with van der Waals surface area (Å²) in [5.74, 6) is 4.97. The number of aliphatic hydroxyl groups is 2. The van der Waals surface area contributed by atoms with Crippen LogP contribution in [0.4, 0.5) is 0 Å². The molecule has 6 aromatic rings. The van der Waals surface area contributed by atoms with Crippen molar-refractivity contribution >= 4 is 50.4 Å². The van der Waals surface area contributed by atoms with E-state index in [1.54, 1.807) is 31.4 Å². The Morgan fingerprint density at radius 2 is 1.71 bits per heavy atom. The Balaban J connectivity index is 1.03. The Morgan fingerprint density at radius 3 is 2.53 bits per heavy atom. The highest BCUT2D eigenvalue weighted by Gasteiger charge is 2.66. The van der Waals surface area contributed by atoms with Crippen LogP contribution in [0.3, 0.4) is 0 Å². The molecular weight excluding hydrogens is 1110 g/mol. The standard InChI is InChI=1S/C70H73NO12S2/c1-39(72)82-63-28-51-27-56-54-30-65(61(75)23-47(54)21-57-60(74)31-58-55-29-62(76)64(80-3)24-48(55)22-59(63)70(58,67(56)57)17-16-40-8-5-4-6-9-40)81-37-66(77)85-84-38-44-18-41-12-13-43(36-79-2)35-71-34-42-10-7-11-45(19-42)53-26-50(73)20-46-14-15-49(25-52(46)53)69(32-41,33-44)68(78)83-51/h4-11,14-17,19-20,23-26,29-30,41,43-44,51,56-60,63,66-67,71,73-77H,18,21-22,27-28,31-38H2,1-3H3. The van der Waals surface area contributed by atoms with E-state index in [-0.39, 0.29) is 66.1 Å². The summed E-state index contributed by atoms with van der Waals surface area (Å²) in [6, 6.07) is 35.4. The number of rotatable bonds is 6. The van der Waals surface area contributed by atoms with Crippen LogP contribution in [0.1, 0.15) is 96.2 Å². The lowest BCUT2D eigenvalue weighted by Gasteiger charge is -2.64. The molecular formula is C70H73NO12S2. The first-order valence-corrected chi connectivity index (χ1v) is 32.3. The van der Waals surface area contributed by atoms with Crippen LogP contribution in [0, 0.1) is 52.8 Å². The molecule has 7 aliphatic rings. The number of carbonyl (C=O) groups excluding carboxylic acids is 2. The zero-order valence-electron chi connectivity index (χ0n) is 48.1. The molecule has 13 nitrogen and oxygen atoms in total. The lowest BCUT2D eigenvalue weighted by Crippen LogP contribution is -2.62. The van der Waals surface area contributed by atoms with Crippen LogP contribution in [-0.2, 0) is 48.6 Å². The van der Waals surface area contributed by atoms with Crippen LogP contribution < -0.4 is 14.8 Å². The zero-order valence-corrected chi connectivity index (χ0v) is 49.7. The Kier molecular flexibility index (Phi) is 15.9. The van der Waals surface area contributed by atoms with E-state index in [9.17, 15) is 30.3 Å². The number of hydrogen-bond donors (Lipinski definition) is 6. The van der Waals surface area contributed by atoms with E-state index in [1.807, 2.05) is 54.6 Å². The molecule has 14 unspecified atom stereocenters. The number of allylic oxidation sites excluding steroid dienone is 1. The second kappa shape index (κ2) is 23.6. The van der Waals surface area contributed by atoms with E-state index >= 15 is 4.79 Å². The summed E-state index contributed by atoms with van der Waals surface area (Å²) in [6.45, 7) is 2.89. The normalized spacial score (nSPS) is 31.4. The average molecular weight is 1180 g/mol. The second-order valence-electron chi connectivity index (χ2n) is 24.9. The van der Waals surface area contributed by atoms with Crippen molar-refractivity contribution in [3.8, 4) is 51.7 Å². The number of nitrogens with one attached hydrogen (secondary N) is 1. The predicted molar refractivity (Wildman–Crippen MR) is 329 cm³/mol. The van der Waals surface area contributed by atoms with Gasteiger partial charge in [-0.25, -0.2) is 0 Å². The molecule has 2 heterocycles. The largest absolute Gasteiger partial charge is 0.508 e. The maximum Gasteiger partial charge on any atom is 0.316 e. The molecule has 442 valence electrons. The van der Waals surface area contributed by atoms with Gasteiger partial charge in [-0.2, -0.15) is 0 Å². The van der Waals surface area contributed by atoms with Gasteiger partial charge in [-0.1, -0.05) is 106 Å². The number of esters is 2. The van der Waals surface area contributed by atoms with Gasteiger partial charge < -0.3 is 54.5 Å². The van der Waals surface area contributed by atoms with Crippen molar-refractivity contribution in [2.75, 3.05) is 39.7 Å². The first-order chi connectivity index (χ1) is 41.2. The number of methoxy groups -OCH3 is 2. The number of benzene rings is 6. The first-order valence-electron chi connectivity index (χ1n) is 29.9. The van der Waals surface area contributed by atoms with E-state index in [4.69, 9.17) is 23.7 Å². The predicted octanol–water partition coefficient (Wildman–Crippen LogP) is 11.4. The third-order valence-corrected chi connectivity index (χ3v) is 22.4. The molecule has 3 fully saturated rings. The monoisotopic (exact) mass is 1180 g/mol. The molecule has 0 amide bonds. The smallest absolute Gasteiger partial charge is 0.316 e. The van der Waals surface area contributed by atoms with Crippen LogP contribution in [0.2, 0.25) is 0 Å². The topological polar surface area (TPSA) is 193 Å². The van der Waals surface area contributed by atoms with Crippen molar-refractivity contribution in [1.82, 2.24) is 5.32 Å². The van der Waals surface area contributed by atoms with Crippen LogP contribution in [0.25, 0.3) is 28.0 Å². The number of phenolic OH excluding ortho intramolecular Hbond substituents is 3. The summed E-state index contributed by atoms with van der Waals surface area (Å²) in [4.78, 5) is 30.7. The summed E-state index contributed by atoms with van der Waals surface area (Å²) in [5, 5.41) is 64.7. The fraction of sp³-hybridized carbons (Fsp3) is 0.429. The number of phenols is 3. The van der Waals surface area contributed by atoms with Gasteiger partial charge >= 0.3 is 11.9 Å². The van der Waals surface area contributed by atoms with E-state index < -0.39 is 70.2 Å². The summed E-state index contributed by atoms with van der Waals surface area (Å²) < 4.78 is 32.1. The van der Waals surface area contributed by atoms with Crippen molar-refractivity contribution in [2.45, 2.75) is 106 Å². The van der Waals surface area contributed by atoms with Crippen molar-refractivity contribution in [3.05, 3.63) is 154 Å². The molecule has 1 spiro atoms. The number of aromatic hydroxyl groups is 3. The molecule has 6 N–H and O–H groups in total. The fourth-order valence-corrected chi connectivity index (χ4v) is 18.8. The highest BCUT2D eigenvalue weighted by molar-refractivity contribution is 8.76. The lowest BCUT2D eigenvalue weighted by molar-refractivity contribution is -0.179. The summed E-state index contributed by atoms with van der Waals surface area (Å²) in [5.41, 5.74) is 4.95. The van der Waals surface area contributed by atoms with Gasteiger partial charge in [-0.15, -0.1) is 0 Å². The summed E-state index contributed by atoms with van der Waals surface area (Å²) in [6.07, 6.45) is 4.93. The second-order valence-corrected chi connectivity index (χ2v) is 27.5. The molecule has 15 heteroatoms. The SMILES string of the molecule is COCC1C#CC2CC3CSSC(O)COc4cc5c(cc4O)CC4C(O)CC6c7cc(O)c(OC)cc7CC7C(OC(C)=O)CC(CC5C4C67C=Cc4ccccc4)OC(=O)C(C2)(C3)c2ccc3cc(O)cc(c3c2)-c2cccc(c2)CNC1. The molecule has 6 aromatic carbocycles. The van der Waals surface area contributed by atoms with Gasteiger partial charge in [-0.3, -0.25) is 9.59 Å². The number of ether oxygens (including phenoxy) is 5. The van der Waals surface area contributed by atoms with E-state index in [1.165, 1.54) is 35.6 Å². The molecule has 2 aliphatic heterocycles. The molecule has 11 bridgehead atoms. The maximum absolute atomic E-state index is 16.8. The van der Waals surface area contributed by atoms with E-state index in [0.717, 1.165) is 60.8 Å². The van der Waals surface area contributed by atoms with Crippen LogP contribution in [0.15, 0.2) is 115 Å². The fourth-order valence-electron chi connectivity index (χ4n) is 16.5. The Morgan fingerprint density at radius 1 is 0.859 bits per heavy atom. The Labute approximate surface area is 504 Å². The minimum atomic E-state index is -1.28. The van der Waals surface area contributed by atoms with Crippen molar-refractivity contribution in [2.24, 2.45) is 40.9 Å². The van der Waals surface area contributed by atoms with Crippen LogP contribution in [-0.4, -0.2) is 101 Å². The lowest BCUT2D eigenvalue weighted by atomic mass is 9.40. The summed E-state index contributed by atoms with van der Waals surface area (Å²) >= 11 is 0. The Bertz CT molecular complexity index is 3640. The molecule has 14 atom stereocenters. The minimum Gasteiger partial charge on any atom is -0.508 e. The van der Waals surface area contributed by atoms with E-state index in [2.05, 4.69) is 59.6 Å². The van der Waals surface area contributed by atoms with Gasteiger partial charge in [0.1, 0.15) is 30.0 Å². The van der Waals surface area contributed by atoms with E-state index in [0.29, 0.717) is 69.7 Å². The molecule has 13 rings (SSSR count). The molecule has 0 aromatic heterocycles. The van der Waals surface area contributed by atoms with Gasteiger partial charge in [0, 0.05) is 56.5 Å². The number of carbonyl (C=O) groups is 2. The third-order valence-electron chi connectivity index (χ3n) is 19.9. The van der Waals surface area contributed by atoms with Gasteiger partial charge in [0.05, 0.1) is 31.2 Å². The van der Waals surface area contributed by atoms with Crippen molar-refractivity contribution in [1.29, 1.82) is 0 Å². The van der Waals surface area contributed by atoms with Crippen molar-refractivity contribution < 1.29 is 58.8 Å². The third kappa shape index (κ3) is 10.8. The highest BCUT2D eigenvalue weighted by atomic mass is 33.1. The van der Waals surface area contributed by atoms with Gasteiger partial charge in [-0.05, 0) is 184 Å². The zero-order chi connectivity index (χ0) is 58.7. The van der Waals surface area contributed by atoms with Gasteiger partial charge in [0.15, 0.2) is 23.0 Å². The van der Waals surface area contributed by atoms with Crippen LogP contribution >= 0.6 is 21.6 Å². The first kappa shape index (κ1) is 57.4. The highest BCUT2D eigenvalue weighted by Crippen LogP contribution is 2.70. The van der Waals surface area contributed by atoms with Crippen molar-refractivity contribution in [3.63, 3.8) is 0 Å². The number of aliphatic hydroxyl groups excluding tert-OH is 2. The quantitative estimate of drug-likeness (QED) is 0.0524. The van der Waals surface area contributed by atoms with Gasteiger partial charge in [0.2, 0.25) is 0 Å². The molecule has 5 aliphatic carbocycles. The molecule has 0 saturated heterocycles.